The predicted octanol–water partition coefficient (Wildman–Crippen LogP) is 0.445. The zero-order chi connectivity index (χ0) is 11.7. The zero-order valence-corrected chi connectivity index (χ0v) is 10.3. The molecule has 4 heteroatoms. The van der Waals surface area contributed by atoms with Gasteiger partial charge in [0.15, 0.2) is 0 Å². The summed E-state index contributed by atoms with van der Waals surface area (Å²) < 4.78 is 5.27. The Morgan fingerprint density at radius 1 is 1.27 bits per heavy atom. The van der Waals surface area contributed by atoms with Crippen molar-refractivity contribution >= 4 is 0 Å². The Morgan fingerprint density at radius 2 is 1.93 bits per heavy atom. The van der Waals surface area contributed by atoms with Gasteiger partial charge in [-0.15, -0.1) is 0 Å². The van der Waals surface area contributed by atoms with Crippen LogP contribution in [0.1, 0.15) is 27.2 Å². The van der Waals surface area contributed by atoms with Crippen molar-refractivity contribution in [3.05, 3.63) is 0 Å². The Kier molecular flexibility index (Phi) is 7.96. The molecule has 0 saturated carbocycles. The third kappa shape index (κ3) is 6.10. The molecule has 3 N–H and O–H groups in total. The van der Waals surface area contributed by atoms with Crippen LogP contribution in [-0.2, 0) is 4.74 Å². The van der Waals surface area contributed by atoms with E-state index in [1.54, 1.807) is 0 Å². The van der Waals surface area contributed by atoms with Crippen molar-refractivity contribution in [2.45, 2.75) is 32.7 Å². The Hall–Kier alpha value is -0.160. The average molecular weight is 218 g/mol. The van der Waals surface area contributed by atoms with E-state index in [-0.39, 0.29) is 12.1 Å². The van der Waals surface area contributed by atoms with E-state index in [9.17, 15) is 0 Å². The van der Waals surface area contributed by atoms with Gasteiger partial charge in [-0.05, 0) is 26.8 Å². The number of aliphatic hydroxyl groups excluding tert-OH is 1. The van der Waals surface area contributed by atoms with Crippen LogP contribution in [0.4, 0.5) is 0 Å². The maximum absolute atomic E-state index is 8.58. The topological polar surface area (TPSA) is 58.7 Å². The van der Waals surface area contributed by atoms with Gasteiger partial charge in [0.25, 0.3) is 0 Å². The van der Waals surface area contributed by atoms with Crippen LogP contribution in [0.15, 0.2) is 0 Å². The molecule has 0 aromatic rings. The molecule has 0 aliphatic rings. The Labute approximate surface area is 93.4 Å². The second-order valence-electron chi connectivity index (χ2n) is 4.34. The quantitative estimate of drug-likeness (QED) is 0.552. The van der Waals surface area contributed by atoms with Gasteiger partial charge in [0.2, 0.25) is 0 Å². The van der Waals surface area contributed by atoms with Crippen molar-refractivity contribution < 1.29 is 9.84 Å². The monoisotopic (exact) mass is 218 g/mol. The summed E-state index contributed by atoms with van der Waals surface area (Å²) >= 11 is 0. The molecule has 0 aromatic carbocycles. The highest BCUT2D eigenvalue weighted by atomic mass is 16.5. The molecule has 0 aliphatic heterocycles. The fraction of sp³-hybridized carbons (Fsp3) is 1.00. The van der Waals surface area contributed by atoms with Gasteiger partial charge in [-0.25, -0.2) is 0 Å². The summed E-state index contributed by atoms with van der Waals surface area (Å²) in [5.41, 5.74) is 5.77. The Morgan fingerprint density at radius 3 is 2.40 bits per heavy atom. The van der Waals surface area contributed by atoms with E-state index in [0.29, 0.717) is 19.8 Å². The first-order valence-corrected chi connectivity index (χ1v) is 5.72. The average Bonchev–Trinajstić information content (AvgIpc) is 2.22. The Balaban J connectivity index is 3.93. The highest BCUT2D eigenvalue weighted by molar-refractivity contribution is 4.82. The highest BCUT2D eigenvalue weighted by Crippen LogP contribution is 2.12. The SMILES string of the molecule is CCCN(CCOCCO)C(C)(C)CN. The van der Waals surface area contributed by atoms with Gasteiger partial charge in [-0.3, -0.25) is 4.90 Å². The predicted molar refractivity (Wildman–Crippen MR) is 62.9 cm³/mol. The molecule has 0 atom stereocenters. The van der Waals surface area contributed by atoms with Crippen molar-refractivity contribution in [1.82, 2.24) is 4.90 Å². The summed E-state index contributed by atoms with van der Waals surface area (Å²) in [7, 11) is 0. The lowest BCUT2D eigenvalue weighted by Crippen LogP contribution is -2.50. The molecule has 0 unspecified atom stereocenters. The lowest BCUT2D eigenvalue weighted by molar-refractivity contribution is 0.0455. The molecule has 0 aliphatic carbocycles. The molecule has 0 bridgehead atoms. The molecule has 0 amide bonds. The summed E-state index contributed by atoms with van der Waals surface area (Å²) in [4.78, 5) is 2.34. The lowest BCUT2D eigenvalue weighted by Gasteiger charge is -2.37. The maximum atomic E-state index is 8.58. The van der Waals surface area contributed by atoms with Crippen LogP contribution < -0.4 is 5.73 Å². The van der Waals surface area contributed by atoms with Crippen LogP contribution in [0.2, 0.25) is 0 Å². The molecular weight excluding hydrogens is 192 g/mol. The Bertz CT molecular complexity index is 152. The molecule has 0 rings (SSSR count). The van der Waals surface area contributed by atoms with Crippen molar-refractivity contribution in [3.8, 4) is 0 Å². The summed E-state index contributed by atoms with van der Waals surface area (Å²) in [6, 6.07) is 0. The third-order valence-electron chi connectivity index (χ3n) is 2.59. The first kappa shape index (κ1) is 14.8. The largest absolute Gasteiger partial charge is 0.394 e. The van der Waals surface area contributed by atoms with E-state index in [2.05, 4.69) is 25.7 Å². The summed E-state index contributed by atoms with van der Waals surface area (Å²) in [6.45, 7) is 10.2. The van der Waals surface area contributed by atoms with Gasteiger partial charge < -0.3 is 15.6 Å². The summed E-state index contributed by atoms with van der Waals surface area (Å²) in [5, 5.41) is 8.58. The summed E-state index contributed by atoms with van der Waals surface area (Å²) in [5.74, 6) is 0. The molecule has 4 nitrogen and oxygen atoms in total. The zero-order valence-electron chi connectivity index (χ0n) is 10.3. The van der Waals surface area contributed by atoms with E-state index in [1.165, 1.54) is 0 Å². The molecule has 92 valence electrons. The van der Waals surface area contributed by atoms with Gasteiger partial charge in [0.1, 0.15) is 0 Å². The maximum Gasteiger partial charge on any atom is 0.0698 e. The van der Waals surface area contributed by atoms with E-state index in [0.717, 1.165) is 19.5 Å². The van der Waals surface area contributed by atoms with Crippen LogP contribution in [0.5, 0.6) is 0 Å². The van der Waals surface area contributed by atoms with Gasteiger partial charge in [-0.1, -0.05) is 6.92 Å². The number of hydrogen-bond donors (Lipinski definition) is 2. The molecule has 0 spiro atoms. The minimum atomic E-state index is 0.0264. The van der Waals surface area contributed by atoms with Gasteiger partial charge >= 0.3 is 0 Å². The minimum absolute atomic E-state index is 0.0264. The number of rotatable bonds is 9. The lowest BCUT2D eigenvalue weighted by atomic mass is 10.0. The van der Waals surface area contributed by atoms with Crippen LogP contribution in [0.3, 0.4) is 0 Å². The number of hydrogen-bond acceptors (Lipinski definition) is 4. The first-order chi connectivity index (χ1) is 7.08. The third-order valence-corrected chi connectivity index (χ3v) is 2.59. The first-order valence-electron chi connectivity index (χ1n) is 5.72. The molecule has 0 aromatic heterocycles. The van der Waals surface area contributed by atoms with Crippen molar-refractivity contribution in [2.75, 3.05) is 39.5 Å². The van der Waals surface area contributed by atoms with Crippen LogP contribution >= 0.6 is 0 Å². The minimum Gasteiger partial charge on any atom is -0.394 e. The van der Waals surface area contributed by atoms with Crippen molar-refractivity contribution in [2.24, 2.45) is 5.73 Å². The van der Waals surface area contributed by atoms with Gasteiger partial charge in [-0.2, -0.15) is 0 Å². The number of ether oxygens (including phenoxy) is 1. The van der Waals surface area contributed by atoms with Crippen LogP contribution in [-0.4, -0.2) is 55.0 Å². The number of nitrogens with two attached hydrogens (primary N) is 1. The van der Waals surface area contributed by atoms with E-state index in [1.807, 2.05) is 0 Å². The number of nitrogens with zero attached hydrogens (tertiary/aromatic N) is 1. The van der Waals surface area contributed by atoms with Gasteiger partial charge in [0.05, 0.1) is 19.8 Å². The molecule has 0 fully saturated rings. The fourth-order valence-electron chi connectivity index (χ4n) is 1.46. The van der Waals surface area contributed by atoms with Crippen molar-refractivity contribution in [1.29, 1.82) is 0 Å². The normalized spacial score (nSPS) is 12.4. The molecule has 15 heavy (non-hydrogen) atoms. The standard InChI is InChI=1S/C11H26N2O2/c1-4-5-13(11(2,3)10-12)6-8-15-9-7-14/h14H,4-10,12H2,1-3H3. The number of aliphatic hydroxyl groups is 1. The molecular formula is C11H26N2O2. The molecule has 0 heterocycles. The van der Waals surface area contributed by atoms with Crippen LogP contribution in [0.25, 0.3) is 0 Å². The summed E-state index contributed by atoms with van der Waals surface area (Å²) in [6.07, 6.45) is 1.11. The van der Waals surface area contributed by atoms with Crippen LogP contribution in [0, 0.1) is 0 Å². The second-order valence-corrected chi connectivity index (χ2v) is 4.34. The van der Waals surface area contributed by atoms with E-state index < -0.39 is 0 Å². The highest BCUT2D eigenvalue weighted by Gasteiger charge is 2.23. The molecule has 0 radical (unpaired) electrons. The second kappa shape index (κ2) is 8.05. The smallest absolute Gasteiger partial charge is 0.0698 e. The van der Waals surface area contributed by atoms with Crippen molar-refractivity contribution in [3.63, 3.8) is 0 Å². The van der Waals surface area contributed by atoms with E-state index in [4.69, 9.17) is 15.6 Å². The van der Waals surface area contributed by atoms with Gasteiger partial charge in [0, 0.05) is 18.6 Å². The fourth-order valence-corrected chi connectivity index (χ4v) is 1.46. The molecule has 0 saturated heterocycles. The van der Waals surface area contributed by atoms with E-state index >= 15 is 0 Å².